The third-order valence-corrected chi connectivity index (χ3v) is 5.63. The Morgan fingerprint density at radius 2 is 1.66 bits per heavy atom. The van der Waals surface area contributed by atoms with Crippen molar-refractivity contribution in [2.45, 2.75) is 13.5 Å². The Balaban J connectivity index is 1.45. The molecule has 5 rings (SSSR count). The zero-order valence-electron chi connectivity index (χ0n) is 19.1. The number of hydrogen-bond acceptors (Lipinski definition) is 4. The van der Waals surface area contributed by atoms with E-state index < -0.39 is 0 Å². The first-order valence-electron chi connectivity index (χ1n) is 11.2. The second kappa shape index (κ2) is 9.77. The Morgan fingerprint density at radius 3 is 2.37 bits per heavy atom. The average Bonchev–Trinajstić information content (AvgIpc) is 3.24. The zero-order chi connectivity index (χ0) is 24.2. The molecule has 0 saturated carbocycles. The summed E-state index contributed by atoms with van der Waals surface area (Å²) in [5.74, 6) is -0.292. The van der Waals surface area contributed by atoms with Crippen LogP contribution in [0.4, 0.5) is 4.39 Å². The first-order valence-corrected chi connectivity index (χ1v) is 11.2. The first kappa shape index (κ1) is 22.3. The molecule has 0 spiro atoms. The lowest BCUT2D eigenvalue weighted by molar-refractivity contribution is -0.123. The van der Waals surface area contributed by atoms with Gasteiger partial charge in [-0.15, -0.1) is 0 Å². The first-order chi connectivity index (χ1) is 17.1. The molecule has 35 heavy (non-hydrogen) atoms. The van der Waals surface area contributed by atoms with Crippen LogP contribution in [0.15, 0.2) is 91.0 Å². The fourth-order valence-electron chi connectivity index (χ4n) is 3.93. The SMILES string of the molecule is Cc1nn(-c2ccccc2)c2nc(OCC(=O)NCc3ccc(F)cc3)cc(-c3ccccc3)c12. The number of benzene rings is 3. The van der Waals surface area contributed by atoms with E-state index >= 15 is 0 Å². The summed E-state index contributed by atoms with van der Waals surface area (Å²) in [6.07, 6.45) is 0. The van der Waals surface area contributed by atoms with Crippen LogP contribution in [0.5, 0.6) is 5.88 Å². The predicted molar refractivity (Wildman–Crippen MR) is 133 cm³/mol. The van der Waals surface area contributed by atoms with E-state index in [-0.39, 0.29) is 24.9 Å². The topological polar surface area (TPSA) is 69.0 Å². The molecule has 1 N–H and O–H groups in total. The number of para-hydroxylation sites is 1. The normalized spacial score (nSPS) is 10.9. The van der Waals surface area contributed by atoms with Crippen molar-refractivity contribution in [3.63, 3.8) is 0 Å². The number of nitrogens with one attached hydrogen (secondary N) is 1. The lowest BCUT2D eigenvalue weighted by Crippen LogP contribution is -2.28. The molecule has 0 aliphatic carbocycles. The van der Waals surface area contributed by atoms with Crippen LogP contribution in [-0.2, 0) is 11.3 Å². The van der Waals surface area contributed by atoms with Gasteiger partial charge in [-0.25, -0.2) is 9.07 Å². The van der Waals surface area contributed by atoms with Crippen LogP contribution in [0.1, 0.15) is 11.3 Å². The molecule has 5 aromatic rings. The van der Waals surface area contributed by atoms with Gasteiger partial charge in [0.1, 0.15) is 5.82 Å². The van der Waals surface area contributed by atoms with Gasteiger partial charge in [0, 0.05) is 12.6 Å². The van der Waals surface area contributed by atoms with Crippen molar-refractivity contribution in [1.82, 2.24) is 20.1 Å². The summed E-state index contributed by atoms with van der Waals surface area (Å²) in [4.78, 5) is 17.1. The van der Waals surface area contributed by atoms with Crippen LogP contribution in [0, 0.1) is 12.7 Å². The van der Waals surface area contributed by atoms with Gasteiger partial charge in [-0.3, -0.25) is 4.79 Å². The van der Waals surface area contributed by atoms with E-state index in [9.17, 15) is 9.18 Å². The molecular formula is C28H23FN4O2. The maximum Gasteiger partial charge on any atom is 0.258 e. The number of ether oxygens (including phenoxy) is 1. The average molecular weight is 467 g/mol. The lowest BCUT2D eigenvalue weighted by Gasteiger charge is -2.11. The second-order valence-electron chi connectivity index (χ2n) is 8.10. The minimum absolute atomic E-state index is 0.202. The summed E-state index contributed by atoms with van der Waals surface area (Å²) < 4.78 is 20.7. The summed E-state index contributed by atoms with van der Waals surface area (Å²) in [7, 11) is 0. The number of hydrogen-bond donors (Lipinski definition) is 1. The number of nitrogens with zero attached hydrogens (tertiary/aromatic N) is 3. The number of aromatic nitrogens is 3. The van der Waals surface area contributed by atoms with E-state index in [0.717, 1.165) is 33.5 Å². The van der Waals surface area contributed by atoms with Crippen molar-refractivity contribution in [3.05, 3.63) is 108 Å². The van der Waals surface area contributed by atoms with Gasteiger partial charge in [0.05, 0.1) is 16.8 Å². The largest absolute Gasteiger partial charge is 0.467 e. The number of halogens is 1. The molecule has 0 fully saturated rings. The van der Waals surface area contributed by atoms with Crippen LogP contribution >= 0.6 is 0 Å². The van der Waals surface area contributed by atoms with E-state index in [1.54, 1.807) is 16.8 Å². The van der Waals surface area contributed by atoms with Gasteiger partial charge < -0.3 is 10.1 Å². The summed E-state index contributed by atoms with van der Waals surface area (Å²) >= 11 is 0. The number of carbonyl (C=O) groups is 1. The molecule has 0 unspecified atom stereocenters. The van der Waals surface area contributed by atoms with Gasteiger partial charge in [-0.2, -0.15) is 10.1 Å². The monoisotopic (exact) mass is 466 g/mol. The van der Waals surface area contributed by atoms with E-state index in [4.69, 9.17) is 14.8 Å². The second-order valence-corrected chi connectivity index (χ2v) is 8.10. The smallest absolute Gasteiger partial charge is 0.258 e. The minimum atomic E-state index is -0.316. The quantitative estimate of drug-likeness (QED) is 0.357. The third-order valence-electron chi connectivity index (χ3n) is 5.63. The Kier molecular flexibility index (Phi) is 6.22. The highest BCUT2D eigenvalue weighted by atomic mass is 19.1. The van der Waals surface area contributed by atoms with Crippen molar-refractivity contribution in [2.75, 3.05) is 6.61 Å². The van der Waals surface area contributed by atoms with Crippen LogP contribution in [0.2, 0.25) is 0 Å². The fourth-order valence-corrected chi connectivity index (χ4v) is 3.93. The summed E-state index contributed by atoms with van der Waals surface area (Å²) in [6.45, 7) is 2.04. The third kappa shape index (κ3) is 4.89. The van der Waals surface area contributed by atoms with Gasteiger partial charge in [0.2, 0.25) is 5.88 Å². The number of pyridine rings is 1. The van der Waals surface area contributed by atoms with Crippen molar-refractivity contribution in [2.24, 2.45) is 0 Å². The van der Waals surface area contributed by atoms with Gasteiger partial charge in [-0.05, 0) is 47.9 Å². The molecule has 0 aliphatic heterocycles. The highest BCUT2D eigenvalue weighted by Crippen LogP contribution is 2.34. The van der Waals surface area contributed by atoms with E-state index in [2.05, 4.69) is 5.32 Å². The number of carbonyl (C=O) groups excluding carboxylic acids is 1. The predicted octanol–water partition coefficient (Wildman–Crippen LogP) is 5.23. The number of amides is 1. The number of rotatable bonds is 7. The van der Waals surface area contributed by atoms with Crippen LogP contribution in [0.25, 0.3) is 27.8 Å². The Hall–Kier alpha value is -4.52. The van der Waals surface area contributed by atoms with E-state index in [0.29, 0.717) is 11.5 Å². The molecule has 2 heterocycles. The van der Waals surface area contributed by atoms with Gasteiger partial charge >= 0.3 is 0 Å². The Labute approximate surface area is 202 Å². The van der Waals surface area contributed by atoms with Crippen molar-refractivity contribution >= 4 is 16.9 Å². The summed E-state index contributed by atoms with van der Waals surface area (Å²) in [6, 6.07) is 27.5. The summed E-state index contributed by atoms with van der Waals surface area (Å²) in [5, 5.41) is 8.45. The Morgan fingerprint density at radius 1 is 0.971 bits per heavy atom. The zero-order valence-corrected chi connectivity index (χ0v) is 19.1. The van der Waals surface area contributed by atoms with E-state index in [1.165, 1.54) is 12.1 Å². The van der Waals surface area contributed by atoms with Crippen LogP contribution in [0.3, 0.4) is 0 Å². The van der Waals surface area contributed by atoms with Gasteiger partial charge in [-0.1, -0.05) is 60.7 Å². The molecule has 6 nitrogen and oxygen atoms in total. The standard InChI is InChI=1S/C28H23FN4O2/c1-19-27-24(21-8-4-2-5-9-21)16-26(31-28(27)33(32-19)23-10-6-3-7-11-23)35-18-25(34)30-17-20-12-14-22(29)15-13-20/h2-16H,17-18H2,1H3,(H,30,34). The summed E-state index contributed by atoms with van der Waals surface area (Å²) in [5.41, 5.74) is 5.10. The maximum absolute atomic E-state index is 13.1. The molecule has 0 saturated heterocycles. The Bertz CT molecular complexity index is 1470. The lowest BCUT2D eigenvalue weighted by atomic mass is 10.0. The molecule has 0 aliphatic rings. The molecular weight excluding hydrogens is 443 g/mol. The van der Waals surface area contributed by atoms with Gasteiger partial charge in [0.15, 0.2) is 12.3 Å². The van der Waals surface area contributed by atoms with Gasteiger partial charge in [0.25, 0.3) is 5.91 Å². The maximum atomic E-state index is 13.1. The molecule has 0 atom stereocenters. The molecule has 3 aromatic carbocycles. The van der Waals surface area contributed by atoms with Crippen LogP contribution in [-0.4, -0.2) is 27.3 Å². The molecule has 0 radical (unpaired) electrons. The number of fused-ring (bicyclic) bond motifs is 1. The molecule has 1 amide bonds. The minimum Gasteiger partial charge on any atom is -0.467 e. The van der Waals surface area contributed by atoms with Crippen molar-refractivity contribution in [3.8, 4) is 22.7 Å². The van der Waals surface area contributed by atoms with Crippen molar-refractivity contribution in [1.29, 1.82) is 0 Å². The molecule has 174 valence electrons. The molecule has 7 heteroatoms. The van der Waals surface area contributed by atoms with Crippen LogP contribution < -0.4 is 10.1 Å². The highest BCUT2D eigenvalue weighted by molar-refractivity contribution is 5.96. The molecule has 2 aromatic heterocycles. The fraction of sp³-hybridized carbons (Fsp3) is 0.107. The highest BCUT2D eigenvalue weighted by Gasteiger charge is 2.18. The van der Waals surface area contributed by atoms with E-state index in [1.807, 2.05) is 73.7 Å². The molecule has 0 bridgehead atoms. The number of aryl methyl sites for hydroxylation is 1. The van der Waals surface area contributed by atoms with Crippen molar-refractivity contribution < 1.29 is 13.9 Å².